The number of pyridine rings is 1. The third kappa shape index (κ3) is 4.27. The SMILES string of the molecule is O=C(NCCCc1nc(-c2ccncc2)cs1)c1cc(Br)c[nH]1. The van der Waals surface area contributed by atoms with E-state index in [9.17, 15) is 4.79 Å². The summed E-state index contributed by atoms with van der Waals surface area (Å²) in [7, 11) is 0. The fourth-order valence-electron chi connectivity index (χ4n) is 2.12. The van der Waals surface area contributed by atoms with Gasteiger partial charge in [-0.05, 0) is 40.5 Å². The van der Waals surface area contributed by atoms with E-state index in [0.29, 0.717) is 12.2 Å². The molecule has 1 amide bonds. The molecule has 0 aliphatic rings. The van der Waals surface area contributed by atoms with Crippen LogP contribution in [-0.4, -0.2) is 27.4 Å². The number of carbonyl (C=O) groups excluding carboxylic acids is 1. The van der Waals surface area contributed by atoms with Crippen LogP contribution in [0.4, 0.5) is 0 Å². The molecule has 5 nitrogen and oxygen atoms in total. The third-order valence-corrected chi connectivity index (χ3v) is 4.64. The first kappa shape index (κ1) is 15.9. The molecule has 3 aromatic heterocycles. The molecule has 3 aromatic rings. The Morgan fingerprint density at radius 3 is 2.91 bits per heavy atom. The van der Waals surface area contributed by atoms with Crippen LogP contribution in [0.3, 0.4) is 0 Å². The van der Waals surface area contributed by atoms with Crippen molar-refractivity contribution in [3.8, 4) is 11.3 Å². The maximum absolute atomic E-state index is 11.9. The van der Waals surface area contributed by atoms with Gasteiger partial charge in [0.05, 0.1) is 10.7 Å². The summed E-state index contributed by atoms with van der Waals surface area (Å²) in [5, 5.41) is 6.03. The number of H-pyrrole nitrogens is 1. The van der Waals surface area contributed by atoms with E-state index >= 15 is 0 Å². The summed E-state index contributed by atoms with van der Waals surface area (Å²) in [6.07, 6.45) is 6.98. The monoisotopic (exact) mass is 390 g/mol. The molecular formula is C16H15BrN4OS. The van der Waals surface area contributed by atoms with Crippen molar-refractivity contribution >= 4 is 33.2 Å². The minimum atomic E-state index is -0.0905. The topological polar surface area (TPSA) is 70.7 Å². The van der Waals surface area contributed by atoms with E-state index in [2.05, 4.69) is 41.6 Å². The second-order valence-corrected chi connectivity index (χ2v) is 6.81. The van der Waals surface area contributed by atoms with Crippen molar-refractivity contribution in [3.63, 3.8) is 0 Å². The highest BCUT2D eigenvalue weighted by Crippen LogP contribution is 2.21. The summed E-state index contributed by atoms with van der Waals surface area (Å²) in [5.74, 6) is -0.0905. The molecule has 0 atom stereocenters. The minimum Gasteiger partial charge on any atom is -0.356 e. The summed E-state index contributed by atoms with van der Waals surface area (Å²) in [4.78, 5) is 23.4. The number of aryl methyl sites for hydroxylation is 1. The summed E-state index contributed by atoms with van der Waals surface area (Å²) in [6, 6.07) is 5.66. The fourth-order valence-corrected chi connectivity index (χ4v) is 3.31. The third-order valence-electron chi connectivity index (χ3n) is 3.27. The second-order valence-electron chi connectivity index (χ2n) is 4.95. The Hall–Kier alpha value is -1.99. The van der Waals surface area contributed by atoms with Gasteiger partial charge in [0.1, 0.15) is 5.69 Å². The summed E-state index contributed by atoms with van der Waals surface area (Å²) in [6.45, 7) is 0.625. The van der Waals surface area contributed by atoms with Gasteiger partial charge < -0.3 is 10.3 Å². The molecule has 118 valence electrons. The first-order valence-electron chi connectivity index (χ1n) is 7.19. The number of amides is 1. The van der Waals surface area contributed by atoms with Crippen LogP contribution in [0, 0.1) is 0 Å². The van der Waals surface area contributed by atoms with Crippen LogP contribution in [0.5, 0.6) is 0 Å². The Morgan fingerprint density at radius 1 is 1.35 bits per heavy atom. The molecule has 0 saturated carbocycles. The molecule has 0 aliphatic carbocycles. The number of hydrogen-bond acceptors (Lipinski definition) is 4. The quantitative estimate of drug-likeness (QED) is 0.630. The van der Waals surface area contributed by atoms with E-state index in [0.717, 1.165) is 33.6 Å². The van der Waals surface area contributed by atoms with E-state index < -0.39 is 0 Å². The molecule has 0 saturated heterocycles. The smallest absolute Gasteiger partial charge is 0.267 e. The molecule has 0 unspecified atom stereocenters. The number of halogens is 1. The van der Waals surface area contributed by atoms with Gasteiger partial charge in [0.15, 0.2) is 0 Å². The zero-order chi connectivity index (χ0) is 16.1. The lowest BCUT2D eigenvalue weighted by molar-refractivity contribution is 0.0949. The lowest BCUT2D eigenvalue weighted by Crippen LogP contribution is -2.25. The molecule has 0 bridgehead atoms. The van der Waals surface area contributed by atoms with Gasteiger partial charge in [-0.15, -0.1) is 11.3 Å². The Labute approximate surface area is 146 Å². The summed E-state index contributed by atoms with van der Waals surface area (Å²) >= 11 is 4.96. The van der Waals surface area contributed by atoms with Crippen LogP contribution in [0.25, 0.3) is 11.3 Å². The molecule has 0 radical (unpaired) electrons. The van der Waals surface area contributed by atoms with Crippen molar-refractivity contribution in [2.24, 2.45) is 0 Å². The number of hydrogen-bond donors (Lipinski definition) is 2. The van der Waals surface area contributed by atoms with E-state index in [-0.39, 0.29) is 5.91 Å². The van der Waals surface area contributed by atoms with Gasteiger partial charge in [0.2, 0.25) is 0 Å². The lowest BCUT2D eigenvalue weighted by atomic mass is 10.2. The molecule has 3 rings (SSSR count). The van der Waals surface area contributed by atoms with E-state index in [1.807, 2.05) is 12.1 Å². The lowest BCUT2D eigenvalue weighted by Gasteiger charge is -2.02. The number of aromatic amines is 1. The first-order chi connectivity index (χ1) is 11.2. The molecule has 0 spiro atoms. The largest absolute Gasteiger partial charge is 0.356 e. The summed E-state index contributed by atoms with van der Waals surface area (Å²) in [5.41, 5.74) is 2.62. The van der Waals surface area contributed by atoms with Crippen LogP contribution in [0.2, 0.25) is 0 Å². The van der Waals surface area contributed by atoms with Crippen LogP contribution in [0.1, 0.15) is 21.9 Å². The normalized spacial score (nSPS) is 10.7. The van der Waals surface area contributed by atoms with Gasteiger partial charge in [-0.1, -0.05) is 0 Å². The standard InChI is InChI=1S/C16H15BrN4OS/c17-12-8-13(20-9-12)16(22)19-5-1-2-15-21-14(10-23-15)11-3-6-18-7-4-11/h3-4,6-10,20H,1-2,5H2,(H,19,22). The van der Waals surface area contributed by atoms with E-state index in [1.54, 1.807) is 36.0 Å². The Kier molecular flexibility index (Phi) is 5.19. The highest BCUT2D eigenvalue weighted by molar-refractivity contribution is 9.10. The predicted molar refractivity (Wildman–Crippen MR) is 94.5 cm³/mol. The number of nitrogens with one attached hydrogen (secondary N) is 2. The summed E-state index contributed by atoms with van der Waals surface area (Å²) < 4.78 is 0.870. The van der Waals surface area contributed by atoms with Crippen molar-refractivity contribution in [2.45, 2.75) is 12.8 Å². The maximum atomic E-state index is 11.9. The Bertz CT molecular complexity index is 784. The molecule has 0 aromatic carbocycles. The average Bonchev–Trinajstić information content (AvgIpc) is 3.21. The van der Waals surface area contributed by atoms with Crippen molar-refractivity contribution < 1.29 is 4.79 Å². The van der Waals surface area contributed by atoms with Crippen molar-refractivity contribution in [1.82, 2.24) is 20.3 Å². The Morgan fingerprint density at radius 2 is 2.17 bits per heavy atom. The van der Waals surface area contributed by atoms with Gasteiger partial charge >= 0.3 is 0 Å². The van der Waals surface area contributed by atoms with Crippen molar-refractivity contribution in [2.75, 3.05) is 6.54 Å². The molecule has 2 N–H and O–H groups in total. The number of rotatable bonds is 6. The van der Waals surface area contributed by atoms with E-state index in [1.165, 1.54) is 0 Å². The number of nitrogens with zero attached hydrogens (tertiary/aromatic N) is 2. The van der Waals surface area contributed by atoms with Gasteiger partial charge in [-0.2, -0.15) is 0 Å². The van der Waals surface area contributed by atoms with Crippen LogP contribution < -0.4 is 5.32 Å². The van der Waals surface area contributed by atoms with Gasteiger partial charge in [-0.3, -0.25) is 9.78 Å². The highest BCUT2D eigenvalue weighted by atomic mass is 79.9. The highest BCUT2D eigenvalue weighted by Gasteiger charge is 2.08. The van der Waals surface area contributed by atoms with Crippen LogP contribution in [0.15, 0.2) is 46.6 Å². The van der Waals surface area contributed by atoms with Crippen molar-refractivity contribution in [1.29, 1.82) is 0 Å². The van der Waals surface area contributed by atoms with E-state index in [4.69, 9.17) is 0 Å². The van der Waals surface area contributed by atoms with Gasteiger partial charge in [0.25, 0.3) is 5.91 Å². The number of aromatic nitrogens is 3. The molecule has 3 heterocycles. The van der Waals surface area contributed by atoms with Crippen molar-refractivity contribution in [3.05, 3.63) is 57.3 Å². The number of carbonyl (C=O) groups is 1. The zero-order valence-electron chi connectivity index (χ0n) is 12.3. The number of thiazole rings is 1. The Balaban J connectivity index is 1.46. The van der Waals surface area contributed by atoms with Gasteiger partial charge in [-0.25, -0.2) is 4.98 Å². The van der Waals surface area contributed by atoms with Crippen LogP contribution >= 0.6 is 27.3 Å². The predicted octanol–water partition coefficient (Wildman–Crippen LogP) is 3.66. The molecule has 23 heavy (non-hydrogen) atoms. The first-order valence-corrected chi connectivity index (χ1v) is 8.86. The molecular weight excluding hydrogens is 376 g/mol. The molecule has 0 aliphatic heterocycles. The maximum Gasteiger partial charge on any atom is 0.267 e. The second kappa shape index (κ2) is 7.52. The molecule has 7 heteroatoms. The zero-order valence-corrected chi connectivity index (χ0v) is 14.7. The fraction of sp³-hybridized carbons (Fsp3) is 0.188. The van der Waals surface area contributed by atoms with Crippen LogP contribution in [-0.2, 0) is 6.42 Å². The minimum absolute atomic E-state index is 0.0905. The average molecular weight is 391 g/mol. The molecule has 0 fully saturated rings. The van der Waals surface area contributed by atoms with Gasteiger partial charge in [0, 0.05) is 47.0 Å².